The molecular weight excluding hydrogens is 388 g/mol. The van der Waals surface area contributed by atoms with Crippen molar-refractivity contribution in [3.8, 4) is 0 Å². The summed E-state index contributed by atoms with van der Waals surface area (Å²) >= 11 is 0. The highest BCUT2D eigenvalue weighted by atomic mass is 28.3. The fourth-order valence-corrected chi connectivity index (χ4v) is 7.33. The van der Waals surface area contributed by atoms with Gasteiger partial charge in [0, 0.05) is 29.2 Å². The maximum atomic E-state index is 12.8. The molecular formula is C20H34N2O4Si2. The van der Waals surface area contributed by atoms with Crippen molar-refractivity contribution >= 4 is 39.8 Å². The first kappa shape index (κ1) is 21.4. The molecule has 2 saturated heterocycles. The van der Waals surface area contributed by atoms with Crippen LogP contribution >= 0.6 is 0 Å². The average Bonchev–Trinajstić information content (AvgIpc) is 2.81. The zero-order valence-corrected chi connectivity index (χ0v) is 20.1. The van der Waals surface area contributed by atoms with Crippen LogP contribution in [0.3, 0.4) is 0 Å². The molecule has 0 N–H and O–H groups in total. The van der Waals surface area contributed by atoms with Crippen LogP contribution in [0.15, 0.2) is 0 Å². The Balaban J connectivity index is 1.64. The summed E-state index contributed by atoms with van der Waals surface area (Å²) in [5, 5.41) is 0. The van der Waals surface area contributed by atoms with Gasteiger partial charge < -0.3 is 0 Å². The number of hydrogen-bond donors (Lipinski definition) is 0. The summed E-state index contributed by atoms with van der Waals surface area (Å²) in [5.74, 6) is -3.28. The summed E-state index contributed by atoms with van der Waals surface area (Å²) in [6.45, 7) is 14.5. The van der Waals surface area contributed by atoms with Crippen molar-refractivity contribution in [3.05, 3.63) is 0 Å². The Hall–Kier alpha value is -1.29. The van der Waals surface area contributed by atoms with Crippen molar-refractivity contribution in [1.29, 1.82) is 0 Å². The van der Waals surface area contributed by atoms with Crippen LogP contribution in [0.5, 0.6) is 0 Å². The summed E-state index contributed by atoms with van der Waals surface area (Å²) < 4.78 is 0. The molecule has 156 valence electrons. The summed E-state index contributed by atoms with van der Waals surface area (Å²) in [5.41, 5.74) is 0. The number of amides is 4. The van der Waals surface area contributed by atoms with Crippen LogP contribution < -0.4 is 0 Å². The van der Waals surface area contributed by atoms with Crippen LogP contribution in [-0.2, 0) is 19.2 Å². The van der Waals surface area contributed by atoms with Crippen molar-refractivity contribution in [1.82, 2.24) is 9.80 Å². The Morgan fingerprint density at radius 3 is 1.04 bits per heavy atom. The van der Waals surface area contributed by atoms with Crippen molar-refractivity contribution in [2.24, 2.45) is 23.7 Å². The van der Waals surface area contributed by atoms with Gasteiger partial charge in [-0.15, -0.1) is 0 Å². The van der Waals surface area contributed by atoms with Crippen LogP contribution in [0.1, 0.15) is 12.8 Å². The van der Waals surface area contributed by atoms with Gasteiger partial charge in [0.1, 0.15) is 0 Å². The number of fused-ring (bicyclic) bond motifs is 4. The molecule has 3 rings (SSSR count). The molecule has 0 atom stereocenters. The monoisotopic (exact) mass is 422 g/mol. The summed E-state index contributed by atoms with van der Waals surface area (Å²) in [6.07, 6.45) is 1.62. The third-order valence-corrected chi connectivity index (χ3v) is 10.1. The molecule has 3 fully saturated rings. The Kier molecular flexibility index (Phi) is 5.51. The minimum Gasteiger partial charge on any atom is -0.282 e. The predicted octanol–water partition coefficient (Wildman–Crippen LogP) is 2.66. The first-order chi connectivity index (χ1) is 12.8. The lowest BCUT2D eigenvalue weighted by Crippen LogP contribution is -2.50. The Morgan fingerprint density at radius 2 is 0.821 bits per heavy atom. The quantitative estimate of drug-likeness (QED) is 0.445. The van der Waals surface area contributed by atoms with Gasteiger partial charge >= 0.3 is 0 Å². The number of imide groups is 2. The van der Waals surface area contributed by atoms with E-state index in [4.69, 9.17) is 0 Å². The Morgan fingerprint density at radius 1 is 0.571 bits per heavy atom. The van der Waals surface area contributed by atoms with Crippen molar-refractivity contribution in [3.63, 3.8) is 0 Å². The van der Waals surface area contributed by atoms with Crippen molar-refractivity contribution in [2.45, 2.75) is 64.2 Å². The zero-order chi connectivity index (χ0) is 21.0. The van der Waals surface area contributed by atoms with Gasteiger partial charge in [-0.3, -0.25) is 29.0 Å². The second-order valence-corrected chi connectivity index (χ2v) is 22.3. The van der Waals surface area contributed by atoms with Gasteiger partial charge in [0.15, 0.2) is 0 Å². The molecule has 28 heavy (non-hydrogen) atoms. The lowest BCUT2D eigenvalue weighted by molar-refractivity contribution is -0.146. The second kappa shape index (κ2) is 7.20. The Labute approximate surface area is 170 Å². The second-order valence-electron chi connectivity index (χ2n) is 11.1. The molecule has 0 unspecified atom stereocenters. The number of carbonyl (C=O) groups is 4. The molecule has 2 heterocycles. The highest BCUT2D eigenvalue weighted by Crippen LogP contribution is 2.56. The van der Waals surface area contributed by atoms with E-state index in [1.807, 2.05) is 0 Å². The molecule has 6 nitrogen and oxygen atoms in total. The number of hydrogen-bond acceptors (Lipinski definition) is 4. The predicted molar refractivity (Wildman–Crippen MR) is 113 cm³/mol. The van der Waals surface area contributed by atoms with Gasteiger partial charge in [0.2, 0.25) is 23.6 Å². The van der Waals surface area contributed by atoms with Gasteiger partial charge in [-0.25, -0.2) is 0 Å². The molecule has 0 aromatic carbocycles. The van der Waals surface area contributed by atoms with Gasteiger partial charge in [-0.1, -0.05) is 51.4 Å². The Bertz CT molecular complexity index is 602. The molecule has 0 aromatic heterocycles. The van der Waals surface area contributed by atoms with Crippen LogP contribution in [0.2, 0.25) is 51.4 Å². The first-order valence-electron chi connectivity index (χ1n) is 10.5. The molecule has 0 bridgehead atoms. The van der Waals surface area contributed by atoms with E-state index < -0.39 is 39.8 Å². The SMILES string of the molecule is C[Si](C)(C)CCCN1C(=O)C2C(C1=O)C1C(=O)N(CCC[Si](C)(C)C)C(=O)C21. The molecule has 2 aliphatic heterocycles. The number of nitrogens with zero attached hydrogens (tertiary/aromatic N) is 2. The van der Waals surface area contributed by atoms with E-state index in [2.05, 4.69) is 39.3 Å². The van der Waals surface area contributed by atoms with Gasteiger partial charge in [0.25, 0.3) is 0 Å². The smallest absolute Gasteiger partial charge is 0.233 e. The van der Waals surface area contributed by atoms with Crippen LogP contribution in [-0.4, -0.2) is 62.7 Å². The molecule has 8 heteroatoms. The third kappa shape index (κ3) is 3.77. The maximum Gasteiger partial charge on any atom is 0.233 e. The molecule has 3 aliphatic rings. The summed E-state index contributed by atoms with van der Waals surface area (Å²) in [4.78, 5) is 54.0. The van der Waals surface area contributed by atoms with E-state index in [1.54, 1.807) is 0 Å². The van der Waals surface area contributed by atoms with E-state index in [0.717, 1.165) is 24.9 Å². The standard InChI is InChI=1S/C20H34N2O4Si2/c1-27(2,3)11-7-9-21-17(23)13-14(18(21)24)16-15(13)19(25)22(20(16)26)10-8-12-28(4,5)6/h13-16H,7-12H2,1-6H3. The average molecular weight is 423 g/mol. The molecule has 0 aromatic rings. The maximum absolute atomic E-state index is 12.8. The van der Waals surface area contributed by atoms with E-state index in [1.165, 1.54) is 9.80 Å². The van der Waals surface area contributed by atoms with Crippen LogP contribution in [0.4, 0.5) is 0 Å². The molecule has 1 aliphatic carbocycles. The van der Waals surface area contributed by atoms with E-state index >= 15 is 0 Å². The number of rotatable bonds is 8. The highest BCUT2D eigenvalue weighted by Gasteiger charge is 2.73. The van der Waals surface area contributed by atoms with Crippen molar-refractivity contribution < 1.29 is 19.2 Å². The topological polar surface area (TPSA) is 74.8 Å². The van der Waals surface area contributed by atoms with Crippen LogP contribution in [0, 0.1) is 23.7 Å². The number of likely N-dealkylation sites (tertiary alicyclic amines) is 2. The fraction of sp³-hybridized carbons (Fsp3) is 0.800. The normalized spacial score (nSPS) is 30.1. The fourth-order valence-electron chi connectivity index (χ4n) is 4.89. The molecule has 4 amide bonds. The van der Waals surface area contributed by atoms with Gasteiger partial charge in [0.05, 0.1) is 23.7 Å². The largest absolute Gasteiger partial charge is 0.282 e. The van der Waals surface area contributed by atoms with E-state index in [9.17, 15) is 19.2 Å². The highest BCUT2D eigenvalue weighted by molar-refractivity contribution is 6.76. The lowest BCUT2D eigenvalue weighted by atomic mass is 9.59. The third-order valence-electron chi connectivity index (χ3n) is 6.37. The molecule has 0 radical (unpaired) electrons. The van der Waals surface area contributed by atoms with Crippen LogP contribution in [0.25, 0.3) is 0 Å². The molecule has 1 saturated carbocycles. The summed E-state index contributed by atoms with van der Waals surface area (Å²) in [6, 6.07) is 2.10. The zero-order valence-electron chi connectivity index (χ0n) is 18.1. The minimum atomic E-state index is -1.23. The minimum absolute atomic E-state index is 0.225. The lowest BCUT2D eigenvalue weighted by Gasteiger charge is -2.36. The summed E-state index contributed by atoms with van der Waals surface area (Å²) in [7, 11) is -2.47. The van der Waals surface area contributed by atoms with Gasteiger partial charge in [-0.05, 0) is 12.8 Å². The first-order valence-corrected chi connectivity index (χ1v) is 18.0. The van der Waals surface area contributed by atoms with E-state index in [-0.39, 0.29) is 23.6 Å². The van der Waals surface area contributed by atoms with Crippen molar-refractivity contribution in [2.75, 3.05) is 13.1 Å². The molecule has 0 spiro atoms. The van der Waals surface area contributed by atoms with Gasteiger partial charge in [-0.2, -0.15) is 0 Å². The van der Waals surface area contributed by atoms with E-state index in [0.29, 0.717) is 13.1 Å². The number of carbonyl (C=O) groups excluding carboxylic acids is 4.